The van der Waals surface area contributed by atoms with Crippen molar-refractivity contribution < 1.29 is 14.6 Å². The van der Waals surface area contributed by atoms with Crippen LogP contribution in [-0.4, -0.2) is 49.2 Å². The van der Waals surface area contributed by atoms with Crippen molar-refractivity contribution in [2.24, 2.45) is 5.73 Å². The number of methoxy groups -OCH3 is 1. The zero-order chi connectivity index (χ0) is 14.5. The maximum absolute atomic E-state index is 11.9. The molecule has 1 heterocycles. The molecule has 6 nitrogen and oxygen atoms in total. The van der Waals surface area contributed by atoms with E-state index in [0.29, 0.717) is 5.75 Å². The number of carbonyl (C=O) groups excluding carboxylic acids is 1. The van der Waals surface area contributed by atoms with Crippen molar-refractivity contribution in [2.75, 3.05) is 33.3 Å². The second-order valence-corrected chi connectivity index (χ2v) is 4.88. The number of nitrogens with two attached hydrogens (primary N) is 1. The van der Waals surface area contributed by atoms with Crippen LogP contribution in [0.1, 0.15) is 18.0 Å². The van der Waals surface area contributed by atoms with Gasteiger partial charge in [0.05, 0.1) is 7.11 Å². The van der Waals surface area contributed by atoms with Gasteiger partial charge in [0, 0.05) is 19.6 Å². The van der Waals surface area contributed by atoms with Crippen molar-refractivity contribution in [3.8, 4) is 11.5 Å². The lowest BCUT2D eigenvalue weighted by Gasteiger charge is -2.28. The molecule has 1 fully saturated rings. The molecule has 6 heteroatoms. The van der Waals surface area contributed by atoms with Crippen LogP contribution in [0.15, 0.2) is 18.2 Å². The van der Waals surface area contributed by atoms with E-state index in [2.05, 4.69) is 10.2 Å². The summed E-state index contributed by atoms with van der Waals surface area (Å²) in [6.45, 7) is 3.35. The number of hydrogen-bond acceptors (Lipinski definition) is 5. The molecular formula is C14H21N3O3. The number of phenols is 1. The molecule has 1 aliphatic rings. The van der Waals surface area contributed by atoms with Crippen molar-refractivity contribution in [1.29, 1.82) is 0 Å². The van der Waals surface area contributed by atoms with Gasteiger partial charge < -0.3 is 20.9 Å². The molecule has 1 unspecified atom stereocenters. The van der Waals surface area contributed by atoms with Gasteiger partial charge >= 0.3 is 0 Å². The molecule has 1 aromatic rings. The molecular weight excluding hydrogens is 258 g/mol. The molecule has 1 atom stereocenters. The molecule has 1 aliphatic heterocycles. The number of amides is 1. The first-order valence-electron chi connectivity index (χ1n) is 6.74. The zero-order valence-corrected chi connectivity index (χ0v) is 11.6. The molecule has 0 bridgehead atoms. The second kappa shape index (κ2) is 6.58. The topological polar surface area (TPSA) is 87.8 Å². The Bertz CT molecular complexity index is 471. The lowest BCUT2D eigenvalue weighted by molar-refractivity contribution is -0.123. The van der Waals surface area contributed by atoms with E-state index in [9.17, 15) is 9.90 Å². The largest absolute Gasteiger partial charge is 0.504 e. The first-order chi connectivity index (χ1) is 9.63. The van der Waals surface area contributed by atoms with Gasteiger partial charge in [0.1, 0.15) is 6.04 Å². The third kappa shape index (κ3) is 3.20. The predicted molar refractivity (Wildman–Crippen MR) is 75.7 cm³/mol. The van der Waals surface area contributed by atoms with Crippen LogP contribution >= 0.6 is 0 Å². The fraction of sp³-hybridized carbons (Fsp3) is 0.500. The van der Waals surface area contributed by atoms with E-state index >= 15 is 0 Å². The minimum absolute atomic E-state index is 0.0528. The molecule has 1 amide bonds. The maximum Gasteiger partial charge on any atom is 0.239 e. The first-order valence-corrected chi connectivity index (χ1v) is 6.74. The fourth-order valence-corrected chi connectivity index (χ4v) is 2.54. The highest BCUT2D eigenvalue weighted by Crippen LogP contribution is 2.31. The summed E-state index contributed by atoms with van der Waals surface area (Å²) >= 11 is 0. The average Bonchev–Trinajstić information content (AvgIpc) is 2.69. The van der Waals surface area contributed by atoms with Crippen molar-refractivity contribution >= 4 is 5.91 Å². The minimum atomic E-state index is -0.496. The summed E-state index contributed by atoms with van der Waals surface area (Å²) < 4.78 is 5.09. The minimum Gasteiger partial charge on any atom is -0.504 e. The van der Waals surface area contributed by atoms with E-state index in [4.69, 9.17) is 10.5 Å². The second-order valence-electron chi connectivity index (χ2n) is 4.88. The van der Waals surface area contributed by atoms with Gasteiger partial charge in [-0.2, -0.15) is 0 Å². The predicted octanol–water partition coefficient (Wildman–Crippen LogP) is 0.222. The van der Waals surface area contributed by atoms with Crippen LogP contribution in [0.3, 0.4) is 0 Å². The van der Waals surface area contributed by atoms with Crippen LogP contribution in [0.2, 0.25) is 0 Å². The number of phenolic OH excluding ortho intramolecular Hbond substituents is 1. The fourth-order valence-electron chi connectivity index (χ4n) is 2.54. The Balaban J connectivity index is 2.30. The van der Waals surface area contributed by atoms with Gasteiger partial charge in [-0.25, -0.2) is 0 Å². The van der Waals surface area contributed by atoms with Crippen LogP contribution in [0.4, 0.5) is 0 Å². The van der Waals surface area contributed by atoms with Gasteiger partial charge in [-0.05, 0) is 30.7 Å². The van der Waals surface area contributed by atoms with Crippen molar-refractivity contribution in [3.63, 3.8) is 0 Å². The average molecular weight is 279 g/mol. The number of carbonyl (C=O) groups is 1. The number of primary amides is 1. The van der Waals surface area contributed by atoms with E-state index in [1.165, 1.54) is 13.2 Å². The highest BCUT2D eigenvalue weighted by atomic mass is 16.5. The number of nitrogens with zero attached hydrogens (tertiary/aromatic N) is 1. The number of benzene rings is 1. The molecule has 110 valence electrons. The van der Waals surface area contributed by atoms with Gasteiger partial charge in [-0.3, -0.25) is 9.69 Å². The molecule has 0 radical (unpaired) electrons. The highest BCUT2D eigenvalue weighted by Gasteiger charge is 2.27. The van der Waals surface area contributed by atoms with Crippen molar-refractivity contribution in [3.05, 3.63) is 23.8 Å². The number of rotatable bonds is 4. The van der Waals surface area contributed by atoms with E-state index in [1.54, 1.807) is 12.1 Å². The number of hydrogen-bond donors (Lipinski definition) is 3. The van der Waals surface area contributed by atoms with Gasteiger partial charge in [0.15, 0.2) is 11.5 Å². The highest BCUT2D eigenvalue weighted by molar-refractivity contribution is 5.81. The quantitative estimate of drug-likeness (QED) is 0.734. The van der Waals surface area contributed by atoms with Crippen LogP contribution in [0.25, 0.3) is 0 Å². The summed E-state index contributed by atoms with van der Waals surface area (Å²) in [5.41, 5.74) is 6.32. The summed E-state index contributed by atoms with van der Waals surface area (Å²) in [5.74, 6) is 0.0124. The van der Waals surface area contributed by atoms with E-state index in [1.807, 2.05) is 0 Å². The lowest BCUT2D eigenvalue weighted by Crippen LogP contribution is -2.39. The number of ether oxygens (including phenoxy) is 1. The summed E-state index contributed by atoms with van der Waals surface area (Å²) in [5, 5.41) is 12.9. The van der Waals surface area contributed by atoms with Crippen LogP contribution < -0.4 is 15.8 Å². The molecule has 2 rings (SSSR count). The zero-order valence-electron chi connectivity index (χ0n) is 11.6. The molecule has 0 spiro atoms. The lowest BCUT2D eigenvalue weighted by atomic mass is 10.0. The Morgan fingerprint density at radius 3 is 2.95 bits per heavy atom. The van der Waals surface area contributed by atoms with E-state index in [-0.39, 0.29) is 11.7 Å². The van der Waals surface area contributed by atoms with Crippen molar-refractivity contribution in [1.82, 2.24) is 10.2 Å². The third-order valence-electron chi connectivity index (χ3n) is 3.53. The Morgan fingerprint density at radius 1 is 1.45 bits per heavy atom. The van der Waals surface area contributed by atoms with Gasteiger partial charge in [0.25, 0.3) is 0 Å². The molecule has 1 aromatic carbocycles. The molecule has 20 heavy (non-hydrogen) atoms. The van der Waals surface area contributed by atoms with Crippen LogP contribution in [-0.2, 0) is 4.79 Å². The summed E-state index contributed by atoms with van der Waals surface area (Å²) in [6.07, 6.45) is 0.971. The molecule has 0 aromatic heterocycles. The van der Waals surface area contributed by atoms with Gasteiger partial charge in [-0.1, -0.05) is 6.07 Å². The normalized spacial score (nSPS) is 18.2. The van der Waals surface area contributed by atoms with Crippen molar-refractivity contribution in [2.45, 2.75) is 12.5 Å². The monoisotopic (exact) mass is 279 g/mol. The van der Waals surface area contributed by atoms with Crippen LogP contribution in [0, 0.1) is 0 Å². The Labute approximate surface area is 118 Å². The third-order valence-corrected chi connectivity index (χ3v) is 3.53. The summed E-state index contributed by atoms with van der Waals surface area (Å²) in [4.78, 5) is 13.9. The van der Waals surface area contributed by atoms with E-state index < -0.39 is 6.04 Å². The summed E-state index contributed by atoms with van der Waals surface area (Å²) in [6, 6.07) is 4.42. The Hall–Kier alpha value is -1.79. The molecule has 0 aliphatic carbocycles. The smallest absolute Gasteiger partial charge is 0.239 e. The number of nitrogens with one attached hydrogen (secondary N) is 1. The maximum atomic E-state index is 11.9. The van der Waals surface area contributed by atoms with Gasteiger partial charge in [-0.15, -0.1) is 0 Å². The van der Waals surface area contributed by atoms with Gasteiger partial charge in [0.2, 0.25) is 5.91 Å². The summed E-state index contributed by atoms with van der Waals surface area (Å²) in [7, 11) is 1.48. The standard InChI is InChI=1S/C14H21N3O3/c1-20-12-9-10(3-4-11(12)18)13(14(15)19)17-7-2-5-16-6-8-17/h3-4,9,13,16,18H,2,5-8H2,1H3,(H2,15,19). The number of aromatic hydroxyl groups is 1. The SMILES string of the molecule is COc1cc(C(C(N)=O)N2CCCNCC2)ccc1O. The molecule has 1 saturated heterocycles. The van der Waals surface area contributed by atoms with E-state index in [0.717, 1.165) is 38.2 Å². The Kier molecular flexibility index (Phi) is 4.81. The Morgan fingerprint density at radius 2 is 2.25 bits per heavy atom. The van der Waals surface area contributed by atoms with Crippen LogP contribution in [0.5, 0.6) is 11.5 Å². The molecule has 0 saturated carbocycles. The first kappa shape index (κ1) is 14.6. The molecule has 4 N–H and O–H groups in total.